The summed E-state index contributed by atoms with van der Waals surface area (Å²) in [5, 5.41) is 0.460. The fourth-order valence-corrected chi connectivity index (χ4v) is 2.02. The molecule has 18 heavy (non-hydrogen) atoms. The molecule has 0 saturated heterocycles. The Kier molecular flexibility index (Phi) is 3.18. The first-order valence-electron chi connectivity index (χ1n) is 5.67. The molecule has 1 aromatic heterocycles. The average Bonchev–Trinajstić information content (AvgIpc) is 2.60. The van der Waals surface area contributed by atoms with Gasteiger partial charge in [-0.25, -0.2) is 0 Å². The number of aryl methyl sites for hydroxylation is 1. The van der Waals surface area contributed by atoms with Crippen LogP contribution in [0.15, 0.2) is 18.2 Å². The summed E-state index contributed by atoms with van der Waals surface area (Å²) in [5.41, 5.74) is 10.4. The van der Waals surface area contributed by atoms with Gasteiger partial charge in [0.2, 0.25) is 5.78 Å². The van der Waals surface area contributed by atoms with Gasteiger partial charge in [-0.05, 0) is 50.1 Å². The van der Waals surface area contributed by atoms with Crippen LogP contribution in [0, 0.1) is 20.8 Å². The minimum absolute atomic E-state index is 0.0629. The average molecular weight is 263 g/mol. The highest BCUT2D eigenvalue weighted by Crippen LogP contribution is 2.23. The van der Waals surface area contributed by atoms with E-state index in [4.69, 9.17) is 17.3 Å². The lowest BCUT2D eigenvalue weighted by atomic mass is 10.0. The predicted octanol–water partition coefficient (Wildman–Crippen LogP) is 3.41. The van der Waals surface area contributed by atoms with Crippen molar-refractivity contribution < 1.29 is 4.79 Å². The van der Waals surface area contributed by atoms with Gasteiger partial charge in [0.05, 0.1) is 16.4 Å². The second-order valence-electron chi connectivity index (χ2n) is 4.44. The highest BCUT2D eigenvalue weighted by molar-refractivity contribution is 6.33. The van der Waals surface area contributed by atoms with Crippen LogP contribution in [-0.2, 0) is 0 Å². The summed E-state index contributed by atoms with van der Waals surface area (Å²) < 4.78 is 0. The van der Waals surface area contributed by atoms with E-state index in [1.807, 2.05) is 20.8 Å². The van der Waals surface area contributed by atoms with Gasteiger partial charge in [0.25, 0.3) is 0 Å². The smallest absolute Gasteiger partial charge is 0.209 e. The van der Waals surface area contributed by atoms with Crippen molar-refractivity contribution in [3.8, 4) is 0 Å². The third-order valence-corrected chi connectivity index (χ3v) is 3.64. The maximum Gasteiger partial charge on any atom is 0.209 e. The number of rotatable bonds is 2. The number of nitrogens with one attached hydrogen (secondary N) is 1. The number of halogens is 1. The van der Waals surface area contributed by atoms with Crippen LogP contribution >= 0.6 is 11.6 Å². The van der Waals surface area contributed by atoms with E-state index in [1.165, 1.54) is 0 Å². The Balaban J connectivity index is 2.48. The molecular weight excluding hydrogens is 248 g/mol. The van der Waals surface area contributed by atoms with Gasteiger partial charge in [0.1, 0.15) is 0 Å². The summed E-state index contributed by atoms with van der Waals surface area (Å²) in [6.07, 6.45) is 0. The Hall–Kier alpha value is -1.74. The predicted molar refractivity (Wildman–Crippen MR) is 74.3 cm³/mol. The van der Waals surface area contributed by atoms with E-state index < -0.39 is 0 Å². The highest BCUT2D eigenvalue weighted by atomic mass is 35.5. The monoisotopic (exact) mass is 262 g/mol. The van der Waals surface area contributed by atoms with Crippen LogP contribution in [0.3, 0.4) is 0 Å². The maximum atomic E-state index is 12.4. The van der Waals surface area contributed by atoms with Crippen molar-refractivity contribution in [2.75, 3.05) is 5.73 Å². The number of nitrogens with two attached hydrogens (primary N) is 1. The van der Waals surface area contributed by atoms with Crippen LogP contribution in [0.25, 0.3) is 0 Å². The molecule has 94 valence electrons. The molecule has 0 radical (unpaired) electrons. The van der Waals surface area contributed by atoms with Crippen molar-refractivity contribution in [2.24, 2.45) is 0 Å². The number of aromatic nitrogens is 1. The van der Waals surface area contributed by atoms with Gasteiger partial charge >= 0.3 is 0 Å². The number of H-pyrrole nitrogens is 1. The number of carbonyl (C=O) groups is 1. The normalized spacial score (nSPS) is 10.7. The van der Waals surface area contributed by atoms with Crippen molar-refractivity contribution in [2.45, 2.75) is 20.8 Å². The molecule has 0 fully saturated rings. The topological polar surface area (TPSA) is 58.9 Å². The molecule has 0 aliphatic carbocycles. The van der Waals surface area contributed by atoms with E-state index in [-0.39, 0.29) is 5.78 Å². The first kappa shape index (κ1) is 12.7. The molecule has 0 amide bonds. The Labute approximate surface area is 111 Å². The van der Waals surface area contributed by atoms with Crippen molar-refractivity contribution in [3.63, 3.8) is 0 Å². The van der Waals surface area contributed by atoms with Crippen LogP contribution in [0.4, 0.5) is 5.69 Å². The van der Waals surface area contributed by atoms with E-state index in [2.05, 4.69) is 4.98 Å². The summed E-state index contributed by atoms with van der Waals surface area (Å²) in [7, 11) is 0. The third kappa shape index (κ3) is 2.02. The number of anilines is 1. The quantitative estimate of drug-likeness (QED) is 0.644. The Bertz CT molecular complexity index is 629. The second kappa shape index (κ2) is 4.50. The summed E-state index contributed by atoms with van der Waals surface area (Å²) in [6, 6.07) is 4.93. The van der Waals surface area contributed by atoms with E-state index in [0.29, 0.717) is 22.0 Å². The molecule has 4 heteroatoms. The van der Waals surface area contributed by atoms with Gasteiger partial charge in [-0.15, -0.1) is 0 Å². The fraction of sp³-hybridized carbons (Fsp3) is 0.214. The summed E-state index contributed by atoms with van der Waals surface area (Å²) >= 11 is 5.85. The van der Waals surface area contributed by atoms with E-state index in [0.717, 1.165) is 16.8 Å². The molecule has 0 spiro atoms. The highest BCUT2D eigenvalue weighted by Gasteiger charge is 2.17. The number of hydrogen-bond donors (Lipinski definition) is 2. The Morgan fingerprint density at radius 3 is 2.39 bits per heavy atom. The number of carbonyl (C=O) groups excluding carboxylic acids is 1. The van der Waals surface area contributed by atoms with Crippen molar-refractivity contribution in [1.29, 1.82) is 0 Å². The van der Waals surface area contributed by atoms with Crippen molar-refractivity contribution in [1.82, 2.24) is 4.98 Å². The standard InChI is InChI=1S/C14H15ClN2O/c1-7-8(2)13(17-9(7)3)14(18)10-4-5-11(15)12(16)6-10/h4-6,17H,16H2,1-3H3. The molecule has 0 unspecified atom stereocenters. The van der Waals surface area contributed by atoms with Gasteiger partial charge in [0.15, 0.2) is 0 Å². The molecule has 2 rings (SSSR count). The van der Waals surface area contributed by atoms with Crippen LogP contribution in [-0.4, -0.2) is 10.8 Å². The molecule has 0 aliphatic heterocycles. The molecule has 1 aromatic carbocycles. The molecule has 3 N–H and O–H groups in total. The van der Waals surface area contributed by atoms with Crippen LogP contribution in [0.2, 0.25) is 5.02 Å². The molecule has 0 bridgehead atoms. The second-order valence-corrected chi connectivity index (χ2v) is 4.85. The molecule has 1 heterocycles. The molecule has 3 nitrogen and oxygen atoms in total. The van der Waals surface area contributed by atoms with Crippen molar-refractivity contribution >= 4 is 23.1 Å². The minimum atomic E-state index is -0.0629. The van der Waals surface area contributed by atoms with E-state index >= 15 is 0 Å². The SMILES string of the molecule is Cc1[nH]c(C(=O)c2ccc(Cl)c(N)c2)c(C)c1C. The summed E-state index contributed by atoms with van der Waals surface area (Å²) in [5.74, 6) is -0.0629. The lowest BCUT2D eigenvalue weighted by Gasteiger charge is -2.03. The number of ketones is 1. The lowest BCUT2D eigenvalue weighted by molar-refractivity contribution is 0.103. The third-order valence-electron chi connectivity index (χ3n) is 3.30. The van der Waals surface area contributed by atoms with Crippen LogP contribution in [0.5, 0.6) is 0 Å². The van der Waals surface area contributed by atoms with Gasteiger partial charge in [-0.3, -0.25) is 4.79 Å². The molecule has 2 aromatic rings. The van der Waals surface area contributed by atoms with Gasteiger partial charge in [-0.2, -0.15) is 0 Å². The van der Waals surface area contributed by atoms with E-state index in [9.17, 15) is 4.79 Å². The molecule has 0 aliphatic rings. The number of aromatic amines is 1. The van der Waals surface area contributed by atoms with Crippen LogP contribution < -0.4 is 5.73 Å². The van der Waals surface area contributed by atoms with Crippen molar-refractivity contribution in [3.05, 3.63) is 51.3 Å². The fourth-order valence-electron chi connectivity index (χ4n) is 1.90. The number of hydrogen-bond acceptors (Lipinski definition) is 2. The largest absolute Gasteiger partial charge is 0.398 e. The Morgan fingerprint density at radius 2 is 1.89 bits per heavy atom. The summed E-state index contributed by atoms with van der Waals surface area (Å²) in [6.45, 7) is 5.88. The molecule has 0 atom stereocenters. The van der Waals surface area contributed by atoms with Gasteiger partial charge in [0, 0.05) is 11.3 Å². The molecule has 0 saturated carbocycles. The van der Waals surface area contributed by atoms with E-state index in [1.54, 1.807) is 18.2 Å². The van der Waals surface area contributed by atoms with Gasteiger partial charge in [-0.1, -0.05) is 11.6 Å². The van der Waals surface area contributed by atoms with Crippen LogP contribution in [0.1, 0.15) is 32.9 Å². The first-order valence-corrected chi connectivity index (χ1v) is 6.05. The minimum Gasteiger partial charge on any atom is -0.398 e. The zero-order valence-electron chi connectivity index (χ0n) is 10.6. The number of benzene rings is 1. The number of nitrogen functional groups attached to an aromatic ring is 1. The maximum absolute atomic E-state index is 12.4. The zero-order valence-corrected chi connectivity index (χ0v) is 11.4. The first-order chi connectivity index (χ1) is 8.41. The zero-order chi connectivity index (χ0) is 13.4. The van der Waals surface area contributed by atoms with Gasteiger partial charge < -0.3 is 10.7 Å². The Morgan fingerprint density at radius 1 is 1.22 bits per heavy atom. The molecular formula is C14H15ClN2O. The lowest BCUT2D eigenvalue weighted by Crippen LogP contribution is -2.04. The summed E-state index contributed by atoms with van der Waals surface area (Å²) in [4.78, 5) is 15.5.